The molecule has 0 aliphatic carbocycles. The summed E-state index contributed by atoms with van der Waals surface area (Å²) < 4.78 is 5.15. The number of ether oxygens (including phenoxy) is 1. The zero-order valence-corrected chi connectivity index (χ0v) is 14.9. The number of amides is 1. The van der Waals surface area contributed by atoms with Gasteiger partial charge in [0.05, 0.1) is 5.69 Å². The second-order valence-electron chi connectivity index (χ2n) is 5.54. The first-order valence-corrected chi connectivity index (χ1v) is 9.01. The van der Waals surface area contributed by atoms with Crippen molar-refractivity contribution in [2.24, 2.45) is 0 Å². The Balaban J connectivity index is 1.43. The van der Waals surface area contributed by atoms with Gasteiger partial charge in [0.15, 0.2) is 5.13 Å². The molecule has 3 rings (SSSR count). The van der Waals surface area contributed by atoms with E-state index in [9.17, 15) is 4.79 Å². The van der Waals surface area contributed by atoms with E-state index in [4.69, 9.17) is 10.5 Å². The molecule has 0 atom stereocenters. The fourth-order valence-electron chi connectivity index (χ4n) is 2.30. The van der Waals surface area contributed by atoms with Crippen LogP contribution in [-0.2, 0) is 11.3 Å². The van der Waals surface area contributed by atoms with Crippen molar-refractivity contribution >= 4 is 28.6 Å². The normalized spacial score (nSPS) is 10.8. The quantitative estimate of drug-likeness (QED) is 0.681. The van der Waals surface area contributed by atoms with E-state index in [-0.39, 0.29) is 6.61 Å². The fourth-order valence-corrected chi connectivity index (χ4v) is 2.87. The second kappa shape index (κ2) is 8.82. The maximum atomic E-state index is 11.6. The molecule has 26 heavy (non-hydrogen) atoms. The molecule has 1 aromatic heterocycles. The molecule has 6 heteroatoms. The van der Waals surface area contributed by atoms with Gasteiger partial charge in [-0.3, -0.25) is 0 Å². The number of benzene rings is 2. The predicted molar refractivity (Wildman–Crippen MR) is 106 cm³/mol. The van der Waals surface area contributed by atoms with Crippen LogP contribution in [-0.4, -0.2) is 17.6 Å². The van der Waals surface area contributed by atoms with Gasteiger partial charge in [-0.25, -0.2) is 9.78 Å². The van der Waals surface area contributed by atoms with Crippen LogP contribution in [0.1, 0.15) is 11.1 Å². The molecule has 3 N–H and O–H groups in total. The summed E-state index contributed by atoms with van der Waals surface area (Å²) in [6.07, 6.45) is 3.38. The Hall–Kier alpha value is -3.12. The van der Waals surface area contributed by atoms with Gasteiger partial charge in [-0.15, -0.1) is 11.3 Å². The summed E-state index contributed by atoms with van der Waals surface area (Å²) in [6.45, 7) is 0.664. The van der Waals surface area contributed by atoms with Crippen molar-refractivity contribution < 1.29 is 9.53 Å². The molecule has 5 nitrogen and oxygen atoms in total. The van der Waals surface area contributed by atoms with Crippen LogP contribution in [0.3, 0.4) is 0 Å². The lowest BCUT2D eigenvalue weighted by Gasteiger charge is -2.05. The molecule has 0 radical (unpaired) electrons. The lowest BCUT2D eigenvalue weighted by atomic mass is 10.1. The van der Waals surface area contributed by atoms with E-state index in [0.717, 1.165) is 22.4 Å². The summed E-state index contributed by atoms with van der Waals surface area (Å²) in [7, 11) is 0. The minimum atomic E-state index is -0.435. The number of thiazole rings is 1. The summed E-state index contributed by atoms with van der Waals surface area (Å²) in [5.41, 5.74) is 9.56. The summed E-state index contributed by atoms with van der Waals surface area (Å²) in [4.78, 5) is 15.9. The van der Waals surface area contributed by atoms with Crippen molar-refractivity contribution in [2.45, 2.75) is 6.61 Å². The molecule has 0 fully saturated rings. The molecular weight excluding hydrogens is 346 g/mol. The maximum Gasteiger partial charge on any atom is 0.407 e. The van der Waals surface area contributed by atoms with Crippen LogP contribution < -0.4 is 11.1 Å². The van der Waals surface area contributed by atoms with Crippen LogP contribution >= 0.6 is 11.3 Å². The van der Waals surface area contributed by atoms with Crippen LogP contribution in [0.15, 0.2) is 66.1 Å². The van der Waals surface area contributed by atoms with E-state index in [1.807, 2.05) is 72.1 Å². The van der Waals surface area contributed by atoms with Crippen molar-refractivity contribution in [3.8, 4) is 11.3 Å². The Kier molecular flexibility index (Phi) is 6.01. The van der Waals surface area contributed by atoms with Crippen LogP contribution in [0, 0.1) is 0 Å². The zero-order chi connectivity index (χ0) is 18.2. The number of rotatable bonds is 6. The lowest BCUT2D eigenvalue weighted by Crippen LogP contribution is -2.24. The molecule has 0 aliphatic heterocycles. The Morgan fingerprint density at radius 3 is 2.62 bits per heavy atom. The third kappa shape index (κ3) is 5.19. The summed E-state index contributed by atoms with van der Waals surface area (Å²) in [6, 6.07) is 17.6. The number of nitrogens with two attached hydrogens (primary N) is 1. The van der Waals surface area contributed by atoms with E-state index in [0.29, 0.717) is 11.7 Å². The van der Waals surface area contributed by atoms with Gasteiger partial charge in [-0.05, 0) is 11.1 Å². The number of nitrogens with zero attached hydrogens (tertiary/aromatic N) is 1. The molecule has 0 unspecified atom stereocenters. The minimum absolute atomic E-state index is 0.263. The first kappa shape index (κ1) is 17.7. The van der Waals surface area contributed by atoms with Crippen LogP contribution in [0.2, 0.25) is 0 Å². The SMILES string of the molecule is Nc1nc(-c2ccc(C=CCNC(=O)OCc3ccccc3)cc2)cs1. The molecule has 0 aliphatic rings. The lowest BCUT2D eigenvalue weighted by molar-refractivity contribution is 0.141. The molecule has 1 amide bonds. The topological polar surface area (TPSA) is 77.2 Å². The highest BCUT2D eigenvalue weighted by molar-refractivity contribution is 7.13. The largest absolute Gasteiger partial charge is 0.445 e. The second-order valence-corrected chi connectivity index (χ2v) is 6.43. The number of anilines is 1. The highest BCUT2D eigenvalue weighted by Crippen LogP contribution is 2.23. The average molecular weight is 365 g/mol. The highest BCUT2D eigenvalue weighted by Gasteiger charge is 2.02. The van der Waals surface area contributed by atoms with Gasteiger partial charge in [0.1, 0.15) is 6.61 Å². The molecule has 3 aromatic rings. The van der Waals surface area contributed by atoms with Gasteiger partial charge in [0, 0.05) is 17.5 Å². The number of carbonyl (C=O) groups excluding carboxylic acids is 1. The van der Waals surface area contributed by atoms with Gasteiger partial charge in [0.25, 0.3) is 0 Å². The van der Waals surface area contributed by atoms with Crippen LogP contribution in [0.4, 0.5) is 9.93 Å². The smallest absolute Gasteiger partial charge is 0.407 e. The Labute approximate surface area is 156 Å². The van der Waals surface area contributed by atoms with E-state index in [1.54, 1.807) is 0 Å². The zero-order valence-electron chi connectivity index (χ0n) is 14.1. The Morgan fingerprint density at radius 1 is 1.15 bits per heavy atom. The van der Waals surface area contributed by atoms with E-state index >= 15 is 0 Å². The molecule has 132 valence electrons. The summed E-state index contributed by atoms with van der Waals surface area (Å²) >= 11 is 1.43. The van der Waals surface area contributed by atoms with Crippen molar-refractivity contribution in [1.82, 2.24) is 10.3 Å². The van der Waals surface area contributed by atoms with Gasteiger partial charge in [0.2, 0.25) is 0 Å². The Morgan fingerprint density at radius 2 is 1.92 bits per heavy atom. The summed E-state index contributed by atoms with van der Waals surface area (Å²) in [5, 5.41) is 5.19. The first-order valence-electron chi connectivity index (χ1n) is 8.13. The van der Waals surface area contributed by atoms with Gasteiger partial charge >= 0.3 is 6.09 Å². The molecule has 0 bridgehead atoms. The number of carbonyl (C=O) groups is 1. The molecule has 1 heterocycles. The van der Waals surface area contributed by atoms with E-state index in [1.165, 1.54) is 11.3 Å². The first-order chi connectivity index (χ1) is 12.7. The molecule has 0 saturated heterocycles. The fraction of sp³-hybridized carbons (Fsp3) is 0.100. The van der Waals surface area contributed by atoms with Crippen molar-refractivity contribution in [3.05, 3.63) is 77.2 Å². The number of aromatic nitrogens is 1. The Bertz CT molecular complexity index is 874. The van der Waals surface area contributed by atoms with Crippen molar-refractivity contribution in [1.29, 1.82) is 0 Å². The predicted octanol–water partition coefficient (Wildman–Crippen LogP) is 4.33. The van der Waals surface area contributed by atoms with E-state index < -0.39 is 6.09 Å². The number of nitrogen functional groups attached to an aromatic ring is 1. The highest BCUT2D eigenvalue weighted by atomic mass is 32.1. The number of nitrogens with one attached hydrogen (secondary N) is 1. The van der Waals surface area contributed by atoms with Gasteiger partial charge in [-0.1, -0.05) is 66.7 Å². The van der Waals surface area contributed by atoms with Crippen LogP contribution in [0.25, 0.3) is 17.3 Å². The van der Waals surface area contributed by atoms with E-state index in [2.05, 4.69) is 10.3 Å². The number of hydrogen-bond donors (Lipinski definition) is 2. The summed E-state index contributed by atoms with van der Waals surface area (Å²) in [5.74, 6) is 0. The third-order valence-corrected chi connectivity index (χ3v) is 4.29. The molecular formula is C20H19N3O2S. The molecule has 2 aromatic carbocycles. The number of alkyl carbamates (subject to hydrolysis) is 1. The van der Waals surface area contributed by atoms with Crippen molar-refractivity contribution in [3.63, 3.8) is 0 Å². The van der Waals surface area contributed by atoms with Crippen LogP contribution in [0.5, 0.6) is 0 Å². The minimum Gasteiger partial charge on any atom is -0.445 e. The molecule has 0 saturated carbocycles. The van der Waals surface area contributed by atoms with Gasteiger partial charge < -0.3 is 15.8 Å². The van der Waals surface area contributed by atoms with Crippen molar-refractivity contribution in [2.75, 3.05) is 12.3 Å². The molecule has 0 spiro atoms. The monoisotopic (exact) mass is 365 g/mol. The maximum absolute atomic E-state index is 11.6. The average Bonchev–Trinajstić information content (AvgIpc) is 3.11. The third-order valence-electron chi connectivity index (χ3n) is 3.62. The number of hydrogen-bond acceptors (Lipinski definition) is 5. The standard InChI is InChI=1S/C20H19N3O2S/c21-19-23-18(14-26-19)17-10-8-15(9-11-17)7-4-12-22-20(24)25-13-16-5-2-1-3-6-16/h1-11,14H,12-13H2,(H2,21,23)(H,22,24). The van der Waals surface area contributed by atoms with Gasteiger partial charge in [-0.2, -0.15) is 0 Å².